The predicted molar refractivity (Wildman–Crippen MR) is 102 cm³/mol. The number of aromatic nitrogens is 2. The number of nitrogens with one attached hydrogen (secondary N) is 1. The Hall–Kier alpha value is -2.50. The lowest BCUT2D eigenvalue weighted by Gasteiger charge is -2.22. The van der Waals surface area contributed by atoms with Gasteiger partial charge in [-0.15, -0.1) is 0 Å². The van der Waals surface area contributed by atoms with Crippen LogP contribution >= 0.6 is 0 Å². The molecule has 0 spiro atoms. The van der Waals surface area contributed by atoms with Gasteiger partial charge in [-0.2, -0.15) is 5.10 Å². The SMILES string of the molecule is CCNC(=NCC(C)Oc1cccc(C)c1)N(C)Cc1cnn(C)c1. The lowest BCUT2D eigenvalue weighted by Crippen LogP contribution is -2.39. The van der Waals surface area contributed by atoms with Gasteiger partial charge in [-0.3, -0.25) is 4.68 Å². The summed E-state index contributed by atoms with van der Waals surface area (Å²) < 4.78 is 7.77. The van der Waals surface area contributed by atoms with Gasteiger partial charge < -0.3 is 15.0 Å². The van der Waals surface area contributed by atoms with Crippen LogP contribution < -0.4 is 10.1 Å². The van der Waals surface area contributed by atoms with Crippen molar-refractivity contribution in [3.05, 3.63) is 47.8 Å². The summed E-state index contributed by atoms with van der Waals surface area (Å²) in [7, 11) is 3.95. The summed E-state index contributed by atoms with van der Waals surface area (Å²) in [6, 6.07) is 8.09. The first-order valence-corrected chi connectivity index (χ1v) is 8.68. The molecule has 0 aliphatic heterocycles. The first-order chi connectivity index (χ1) is 12.0. The summed E-state index contributed by atoms with van der Waals surface area (Å²) >= 11 is 0. The van der Waals surface area contributed by atoms with Gasteiger partial charge in [0.2, 0.25) is 0 Å². The molecule has 0 fully saturated rings. The number of hydrogen-bond acceptors (Lipinski definition) is 3. The Balaban J connectivity index is 1.95. The molecule has 0 bridgehead atoms. The average molecular weight is 343 g/mol. The maximum absolute atomic E-state index is 5.96. The molecule has 1 aromatic heterocycles. The van der Waals surface area contributed by atoms with Crippen LogP contribution in [0.15, 0.2) is 41.7 Å². The van der Waals surface area contributed by atoms with Crippen LogP contribution in [0.3, 0.4) is 0 Å². The van der Waals surface area contributed by atoms with E-state index in [4.69, 9.17) is 9.73 Å². The molecule has 0 saturated carbocycles. The summed E-state index contributed by atoms with van der Waals surface area (Å²) in [6.07, 6.45) is 3.90. The van der Waals surface area contributed by atoms with Crippen LogP contribution in [0.4, 0.5) is 0 Å². The largest absolute Gasteiger partial charge is 0.489 e. The van der Waals surface area contributed by atoms with Crippen LogP contribution in [0, 0.1) is 6.92 Å². The average Bonchev–Trinajstić information content (AvgIpc) is 2.96. The van der Waals surface area contributed by atoms with Gasteiger partial charge in [-0.1, -0.05) is 12.1 Å². The summed E-state index contributed by atoms with van der Waals surface area (Å²) in [5, 5.41) is 7.54. The fourth-order valence-corrected chi connectivity index (χ4v) is 2.55. The molecule has 1 N–H and O–H groups in total. The smallest absolute Gasteiger partial charge is 0.194 e. The van der Waals surface area contributed by atoms with Gasteiger partial charge in [-0.25, -0.2) is 4.99 Å². The van der Waals surface area contributed by atoms with Crippen molar-refractivity contribution < 1.29 is 4.74 Å². The summed E-state index contributed by atoms with van der Waals surface area (Å²) in [5.41, 5.74) is 2.34. The highest BCUT2D eigenvalue weighted by molar-refractivity contribution is 5.79. The highest BCUT2D eigenvalue weighted by atomic mass is 16.5. The lowest BCUT2D eigenvalue weighted by atomic mass is 10.2. The van der Waals surface area contributed by atoms with Crippen LogP contribution in [-0.2, 0) is 13.6 Å². The van der Waals surface area contributed by atoms with Gasteiger partial charge >= 0.3 is 0 Å². The molecular formula is C19H29N5O. The third-order valence-electron chi connectivity index (χ3n) is 3.70. The van der Waals surface area contributed by atoms with Crippen LogP contribution in [0.2, 0.25) is 0 Å². The number of rotatable bonds is 7. The van der Waals surface area contributed by atoms with Crippen LogP contribution in [0.25, 0.3) is 0 Å². The Morgan fingerprint density at radius 1 is 1.44 bits per heavy atom. The molecule has 25 heavy (non-hydrogen) atoms. The minimum absolute atomic E-state index is 0.00208. The Bertz CT molecular complexity index is 695. The normalized spacial score (nSPS) is 12.8. The summed E-state index contributed by atoms with van der Waals surface area (Å²) in [5.74, 6) is 1.75. The van der Waals surface area contributed by atoms with Gasteiger partial charge in [0.15, 0.2) is 5.96 Å². The van der Waals surface area contributed by atoms with E-state index in [1.54, 1.807) is 0 Å². The second kappa shape index (κ2) is 9.11. The molecule has 0 aliphatic rings. The first kappa shape index (κ1) is 18.8. The Kier molecular flexibility index (Phi) is 6.86. The van der Waals surface area contributed by atoms with E-state index in [9.17, 15) is 0 Å². The molecule has 0 saturated heterocycles. The van der Waals surface area contributed by atoms with E-state index in [1.165, 1.54) is 5.56 Å². The Morgan fingerprint density at radius 2 is 2.24 bits per heavy atom. The molecule has 0 aliphatic carbocycles. The molecule has 6 nitrogen and oxygen atoms in total. The fraction of sp³-hybridized carbons (Fsp3) is 0.474. The van der Waals surface area contributed by atoms with Crippen molar-refractivity contribution in [3.63, 3.8) is 0 Å². The number of hydrogen-bond donors (Lipinski definition) is 1. The van der Waals surface area contributed by atoms with E-state index in [0.29, 0.717) is 6.54 Å². The lowest BCUT2D eigenvalue weighted by molar-refractivity contribution is 0.229. The van der Waals surface area contributed by atoms with Crippen LogP contribution in [0.5, 0.6) is 5.75 Å². The number of benzene rings is 1. The zero-order valence-electron chi connectivity index (χ0n) is 15.9. The molecule has 136 valence electrons. The van der Waals surface area contributed by atoms with Gasteiger partial charge in [0.1, 0.15) is 11.9 Å². The zero-order chi connectivity index (χ0) is 18.2. The van der Waals surface area contributed by atoms with E-state index < -0.39 is 0 Å². The predicted octanol–water partition coefficient (Wildman–Crippen LogP) is 2.59. The molecule has 6 heteroatoms. The topological polar surface area (TPSA) is 54.7 Å². The van der Waals surface area contributed by atoms with Crippen molar-refractivity contribution in [1.29, 1.82) is 0 Å². The number of aliphatic imine (C=N–C) groups is 1. The Labute approximate surface area is 150 Å². The minimum atomic E-state index is 0.00208. The van der Waals surface area contributed by atoms with Gasteiger partial charge in [0, 0.05) is 38.9 Å². The van der Waals surface area contributed by atoms with Gasteiger partial charge in [-0.05, 0) is 38.5 Å². The quantitative estimate of drug-likeness (QED) is 0.620. The molecule has 0 radical (unpaired) electrons. The van der Waals surface area contributed by atoms with Crippen molar-refractivity contribution in [2.75, 3.05) is 20.1 Å². The molecule has 2 rings (SSSR count). The third-order valence-corrected chi connectivity index (χ3v) is 3.70. The first-order valence-electron chi connectivity index (χ1n) is 8.68. The number of aryl methyl sites for hydroxylation is 2. The molecule has 1 unspecified atom stereocenters. The van der Waals surface area contributed by atoms with Crippen LogP contribution in [-0.4, -0.2) is 46.9 Å². The molecule has 1 aromatic carbocycles. The van der Waals surface area contributed by atoms with E-state index in [2.05, 4.69) is 35.2 Å². The van der Waals surface area contributed by atoms with Gasteiger partial charge in [0.05, 0.1) is 12.7 Å². The zero-order valence-corrected chi connectivity index (χ0v) is 15.9. The molecule has 1 atom stereocenters. The number of ether oxygens (including phenoxy) is 1. The van der Waals surface area contributed by atoms with E-state index in [-0.39, 0.29) is 6.10 Å². The van der Waals surface area contributed by atoms with E-state index >= 15 is 0 Å². The second-order valence-electron chi connectivity index (χ2n) is 6.32. The number of nitrogens with zero attached hydrogens (tertiary/aromatic N) is 4. The van der Waals surface area contributed by atoms with E-state index in [1.807, 2.05) is 56.3 Å². The fourth-order valence-electron chi connectivity index (χ4n) is 2.55. The molecule has 0 amide bonds. The van der Waals surface area contributed by atoms with E-state index in [0.717, 1.165) is 30.4 Å². The summed E-state index contributed by atoms with van der Waals surface area (Å²) in [4.78, 5) is 6.81. The number of guanidine groups is 1. The summed E-state index contributed by atoms with van der Waals surface area (Å²) in [6.45, 7) is 8.34. The standard InChI is InChI=1S/C19H29N5O/c1-6-20-19(23(4)13-17-12-22-24(5)14-17)21-11-16(3)25-18-9-7-8-15(2)10-18/h7-10,12,14,16H,6,11,13H2,1-5H3,(H,20,21). The van der Waals surface area contributed by atoms with Crippen molar-refractivity contribution >= 4 is 5.96 Å². The molecule has 2 aromatic rings. The minimum Gasteiger partial charge on any atom is -0.489 e. The molecule has 1 heterocycles. The van der Waals surface area contributed by atoms with Crippen molar-refractivity contribution in [2.24, 2.45) is 12.0 Å². The van der Waals surface area contributed by atoms with Crippen molar-refractivity contribution in [2.45, 2.75) is 33.4 Å². The third kappa shape index (κ3) is 6.14. The van der Waals surface area contributed by atoms with Gasteiger partial charge in [0.25, 0.3) is 0 Å². The maximum Gasteiger partial charge on any atom is 0.194 e. The highest BCUT2D eigenvalue weighted by Crippen LogP contribution is 2.14. The van der Waals surface area contributed by atoms with Crippen molar-refractivity contribution in [1.82, 2.24) is 20.0 Å². The highest BCUT2D eigenvalue weighted by Gasteiger charge is 2.10. The van der Waals surface area contributed by atoms with Crippen LogP contribution in [0.1, 0.15) is 25.0 Å². The molecular weight excluding hydrogens is 314 g/mol. The maximum atomic E-state index is 5.96. The Morgan fingerprint density at radius 3 is 2.88 bits per heavy atom. The van der Waals surface area contributed by atoms with Crippen molar-refractivity contribution in [3.8, 4) is 5.75 Å². The monoisotopic (exact) mass is 343 g/mol. The second-order valence-corrected chi connectivity index (χ2v) is 6.32.